The molecule has 2 heterocycles. The van der Waals surface area contributed by atoms with E-state index in [1.165, 1.54) is 13.3 Å². The highest BCUT2D eigenvalue weighted by Crippen LogP contribution is 2.38. The number of methoxy groups -OCH3 is 1. The van der Waals surface area contributed by atoms with Crippen molar-refractivity contribution < 1.29 is 24.2 Å². The summed E-state index contributed by atoms with van der Waals surface area (Å²) in [5.74, 6) is -0.597. The van der Waals surface area contributed by atoms with E-state index in [0.717, 1.165) is 17.0 Å². The maximum Gasteiger partial charge on any atom is 0.339 e. The molecule has 0 saturated carbocycles. The van der Waals surface area contributed by atoms with Gasteiger partial charge in [0.15, 0.2) is 0 Å². The second-order valence-electron chi connectivity index (χ2n) is 8.95. The molecular weight excluding hydrogens is 500 g/mol. The first kappa shape index (κ1) is 27.1. The number of carboxylic acids is 1. The second-order valence-corrected chi connectivity index (χ2v) is 8.95. The average Bonchev–Trinajstić information content (AvgIpc) is 3.25. The van der Waals surface area contributed by atoms with Crippen LogP contribution in [0.1, 0.15) is 10.4 Å². The minimum atomic E-state index is -1.14. The summed E-state index contributed by atoms with van der Waals surface area (Å²) < 4.78 is 13.4. The van der Waals surface area contributed by atoms with Gasteiger partial charge in [-0.3, -0.25) is 4.79 Å². The third-order valence-corrected chi connectivity index (χ3v) is 5.96. The maximum atomic E-state index is 12.1. The van der Waals surface area contributed by atoms with Gasteiger partial charge in [-0.15, -0.1) is 0 Å². The van der Waals surface area contributed by atoms with Gasteiger partial charge in [-0.1, -0.05) is 24.8 Å². The number of nitrogens with zero attached hydrogens (tertiary/aromatic N) is 4. The number of rotatable bonds is 11. The normalized spacial score (nSPS) is 10.9. The molecule has 4 aromatic rings. The van der Waals surface area contributed by atoms with Crippen molar-refractivity contribution in [2.45, 2.75) is 0 Å². The Kier molecular flexibility index (Phi) is 8.11. The highest BCUT2D eigenvalue weighted by Gasteiger charge is 2.21. The third kappa shape index (κ3) is 5.99. The van der Waals surface area contributed by atoms with Gasteiger partial charge in [-0.05, 0) is 32.3 Å². The molecule has 0 aliphatic heterocycles. The number of aryl methyl sites for hydroxylation is 1. The molecule has 11 heteroatoms. The summed E-state index contributed by atoms with van der Waals surface area (Å²) >= 11 is 0. The standard InChI is InChI=1S/C28H30N6O5/c1-6-25(35)30-21-13-20(23(38-5)14-24(21)39-12-11-33(2)3)31-28-29-15-18(27(36)37)26(32-28)19-16-34(4)22-10-8-7-9-17(19)22/h6-10,13-16H,1,11-12H2,2-5H3,(H,30,35)(H,36,37)(H,29,31,32). The molecule has 0 spiro atoms. The van der Waals surface area contributed by atoms with Gasteiger partial charge in [-0.25, -0.2) is 14.8 Å². The predicted octanol–water partition coefficient (Wildman–Crippen LogP) is 4.15. The monoisotopic (exact) mass is 530 g/mol. The van der Waals surface area contributed by atoms with Gasteiger partial charge in [0.05, 0.1) is 24.2 Å². The number of likely N-dealkylation sites (N-methyl/N-ethyl adjacent to an activating group) is 1. The molecule has 11 nitrogen and oxygen atoms in total. The fraction of sp³-hybridized carbons (Fsp3) is 0.214. The Hall–Kier alpha value is -4.90. The zero-order valence-corrected chi connectivity index (χ0v) is 22.2. The number of aromatic nitrogens is 3. The van der Waals surface area contributed by atoms with Gasteiger partial charge in [-0.2, -0.15) is 0 Å². The van der Waals surface area contributed by atoms with Crippen LogP contribution in [0.5, 0.6) is 11.5 Å². The van der Waals surface area contributed by atoms with Crippen LogP contribution in [-0.2, 0) is 11.8 Å². The van der Waals surface area contributed by atoms with Crippen LogP contribution in [0.4, 0.5) is 17.3 Å². The first-order chi connectivity index (χ1) is 18.7. The number of fused-ring (bicyclic) bond motifs is 1. The molecule has 0 radical (unpaired) electrons. The molecule has 39 heavy (non-hydrogen) atoms. The van der Waals surface area contributed by atoms with Crippen LogP contribution in [0.2, 0.25) is 0 Å². The molecule has 0 unspecified atom stereocenters. The van der Waals surface area contributed by atoms with Crippen molar-refractivity contribution in [1.82, 2.24) is 19.4 Å². The lowest BCUT2D eigenvalue weighted by molar-refractivity contribution is -0.111. The molecule has 0 aliphatic carbocycles. The Balaban J connectivity index is 1.77. The van der Waals surface area contributed by atoms with Gasteiger partial charge in [0, 0.05) is 48.5 Å². The van der Waals surface area contributed by atoms with Crippen LogP contribution in [0.15, 0.2) is 61.4 Å². The van der Waals surface area contributed by atoms with Crippen LogP contribution < -0.4 is 20.1 Å². The van der Waals surface area contributed by atoms with Crippen molar-refractivity contribution in [2.75, 3.05) is 45.0 Å². The van der Waals surface area contributed by atoms with E-state index in [9.17, 15) is 14.7 Å². The zero-order valence-electron chi connectivity index (χ0n) is 22.2. The summed E-state index contributed by atoms with van der Waals surface area (Å²) in [6.07, 6.45) is 4.26. The Morgan fingerprint density at radius 2 is 1.95 bits per heavy atom. The molecule has 4 rings (SSSR count). The van der Waals surface area contributed by atoms with Gasteiger partial charge in [0.1, 0.15) is 23.7 Å². The number of carbonyl (C=O) groups is 2. The molecule has 0 atom stereocenters. The van der Waals surface area contributed by atoms with E-state index in [1.807, 2.05) is 61.1 Å². The Morgan fingerprint density at radius 3 is 2.64 bits per heavy atom. The summed E-state index contributed by atoms with van der Waals surface area (Å²) in [4.78, 5) is 35.0. The van der Waals surface area contributed by atoms with Crippen molar-refractivity contribution in [3.05, 3.63) is 67.0 Å². The van der Waals surface area contributed by atoms with Crippen LogP contribution in [0.25, 0.3) is 22.2 Å². The number of nitrogens with one attached hydrogen (secondary N) is 2. The topological polar surface area (TPSA) is 131 Å². The van der Waals surface area contributed by atoms with E-state index in [2.05, 4.69) is 27.2 Å². The maximum absolute atomic E-state index is 12.1. The molecule has 202 valence electrons. The molecule has 0 saturated heterocycles. The lowest BCUT2D eigenvalue weighted by Gasteiger charge is -2.18. The number of para-hydroxylation sites is 1. The first-order valence-corrected chi connectivity index (χ1v) is 12.1. The molecular formula is C28H30N6O5. The number of benzene rings is 2. The van der Waals surface area contributed by atoms with E-state index in [4.69, 9.17) is 9.47 Å². The molecule has 0 fully saturated rings. The summed E-state index contributed by atoms with van der Waals surface area (Å²) in [6.45, 7) is 4.56. The number of anilines is 3. The molecule has 0 aliphatic rings. The number of carboxylic acid groups (broad SMARTS) is 1. The average molecular weight is 531 g/mol. The fourth-order valence-electron chi connectivity index (χ4n) is 4.02. The molecule has 2 aromatic heterocycles. The summed E-state index contributed by atoms with van der Waals surface area (Å²) in [7, 11) is 7.25. The van der Waals surface area contributed by atoms with Crippen molar-refractivity contribution in [2.24, 2.45) is 7.05 Å². The predicted molar refractivity (Wildman–Crippen MR) is 150 cm³/mol. The van der Waals surface area contributed by atoms with Crippen molar-refractivity contribution >= 4 is 40.1 Å². The highest BCUT2D eigenvalue weighted by molar-refractivity contribution is 6.02. The molecule has 3 N–H and O–H groups in total. The molecule has 1 amide bonds. The number of hydrogen-bond acceptors (Lipinski definition) is 8. The SMILES string of the molecule is C=CC(=O)Nc1cc(Nc2ncc(C(=O)O)c(-c3cn(C)c4ccccc34)n2)c(OC)cc1OCCN(C)C. The van der Waals surface area contributed by atoms with E-state index in [0.29, 0.717) is 41.6 Å². The summed E-state index contributed by atoms with van der Waals surface area (Å²) in [5.41, 5.74) is 2.65. The summed E-state index contributed by atoms with van der Waals surface area (Å²) in [6, 6.07) is 11.0. The van der Waals surface area contributed by atoms with Gasteiger partial charge < -0.3 is 34.7 Å². The molecule has 0 bridgehead atoms. The van der Waals surface area contributed by atoms with Crippen molar-refractivity contribution in [3.8, 4) is 22.8 Å². The Morgan fingerprint density at radius 1 is 1.18 bits per heavy atom. The third-order valence-electron chi connectivity index (χ3n) is 5.96. The number of ether oxygens (including phenoxy) is 2. The van der Waals surface area contributed by atoms with E-state index in [1.54, 1.807) is 12.1 Å². The van der Waals surface area contributed by atoms with E-state index >= 15 is 0 Å². The number of hydrogen-bond donors (Lipinski definition) is 3. The number of aromatic carboxylic acids is 1. The van der Waals surface area contributed by atoms with E-state index < -0.39 is 11.9 Å². The number of carbonyl (C=O) groups excluding carboxylic acids is 1. The van der Waals surface area contributed by atoms with Gasteiger partial charge >= 0.3 is 5.97 Å². The number of amides is 1. The van der Waals surface area contributed by atoms with Crippen molar-refractivity contribution in [3.63, 3.8) is 0 Å². The quantitative estimate of drug-likeness (QED) is 0.245. The van der Waals surface area contributed by atoms with Crippen LogP contribution >= 0.6 is 0 Å². The zero-order chi connectivity index (χ0) is 28.1. The van der Waals surface area contributed by atoms with Crippen molar-refractivity contribution in [1.29, 1.82) is 0 Å². The highest BCUT2D eigenvalue weighted by atomic mass is 16.5. The minimum Gasteiger partial charge on any atom is -0.494 e. The lowest BCUT2D eigenvalue weighted by Crippen LogP contribution is -2.20. The Labute approximate surface area is 225 Å². The smallest absolute Gasteiger partial charge is 0.339 e. The first-order valence-electron chi connectivity index (χ1n) is 12.1. The summed E-state index contributed by atoms with van der Waals surface area (Å²) in [5, 5.41) is 16.6. The van der Waals surface area contributed by atoms with Gasteiger partial charge in [0.2, 0.25) is 11.9 Å². The van der Waals surface area contributed by atoms with Crippen LogP contribution in [-0.4, -0.2) is 70.8 Å². The van der Waals surface area contributed by atoms with Crippen LogP contribution in [0.3, 0.4) is 0 Å². The second kappa shape index (κ2) is 11.7. The van der Waals surface area contributed by atoms with Crippen LogP contribution in [0, 0.1) is 0 Å². The van der Waals surface area contributed by atoms with Gasteiger partial charge in [0.25, 0.3) is 0 Å². The Bertz CT molecular complexity index is 1550. The van der Waals surface area contributed by atoms with E-state index in [-0.39, 0.29) is 17.2 Å². The fourth-order valence-corrected chi connectivity index (χ4v) is 4.02. The lowest BCUT2D eigenvalue weighted by atomic mass is 10.1. The minimum absolute atomic E-state index is 0.0348. The molecule has 2 aromatic carbocycles. The largest absolute Gasteiger partial charge is 0.494 e.